The number of carbonyl (C=O) groups is 2. The molecule has 1 amide bonds. The molecule has 1 aromatic carbocycles. The zero-order valence-electron chi connectivity index (χ0n) is 10.5. The zero-order valence-corrected chi connectivity index (χ0v) is 10.5. The number of rotatable bonds is 2. The summed E-state index contributed by atoms with van der Waals surface area (Å²) < 4.78 is 17.7. The average molecular weight is 263 g/mol. The maximum absolute atomic E-state index is 12.9. The molecule has 0 atom stereocenters. The van der Waals surface area contributed by atoms with Gasteiger partial charge in [-0.1, -0.05) is 12.1 Å². The lowest BCUT2D eigenvalue weighted by Gasteiger charge is -2.19. The van der Waals surface area contributed by atoms with Crippen LogP contribution in [0.1, 0.15) is 24.8 Å². The number of halogens is 1. The molecular formula is C14H14FNO3. The zero-order chi connectivity index (χ0) is 13.8. The lowest BCUT2D eigenvalue weighted by molar-refractivity contribution is -0.133. The van der Waals surface area contributed by atoms with Crippen molar-refractivity contribution < 1.29 is 18.7 Å². The summed E-state index contributed by atoms with van der Waals surface area (Å²) in [5.41, 5.74) is 1.36. The van der Waals surface area contributed by atoms with Gasteiger partial charge in [0, 0.05) is 12.1 Å². The van der Waals surface area contributed by atoms with Crippen LogP contribution in [0.15, 0.2) is 30.0 Å². The van der Waals surface area contributed by atoms with E-state index < -0.39 is 5.97 Å². The first-order valence-corrected chi connectivity index (χ1v) is 5.99. The minimum Gasteiger partial charge on any atom is -0.465 e. The number of esters is 1. The summed E-state index contributed by atoms with van der Waals surface area (Å²) in [5, 5.41) is 2.69. The van der Waals surface area contributed by atoms with Crippen LogP contribution in [0.3, 0.4) is 0 Å². The fourth-order valence-electron chi connectivity index (χ4n) is 2.04. The van der Waals surface area contributed by atoms with Crippen LogP contribution in [0.4, 0.5) is 4.39 Å². The highest BCUT2D eigenvalue weighted by Gasteiger charge is 2.22. The average Bonchev–Trinajstić information content (AvgIpc) is 2.41. The third kappa shape index (κ3) is 2.99. The highest BCUT2D eigenvalue weighted by molar-refractivity contribution is 6.17. The largest absolute Gasteiger partial charge is 0.465 e. The van der Waals surface area contributed by atoms with Crippen molar-refractivity contribution in [1.82, 2.24) is 5.32 Å². The minimum atomic E-state index is -0.538. The standard InChI is InChI=1S/C14H14FNO3/c1-19-14(18)13(9-5-7-10(15)8-6-9)11-3-2-4-12(17)16-11/h5-8H,2-4H2,1H3,(H,16,17). The number of hydrogen-bond acceptors (Lipinski definition) is 3. The third-order valence-electron chi connectivity index (χ3n) is 2.95. The number of nitrogens with one attached hydrogen (secondary N) is 1. The molecule has 0 spiro atoms. The highest BCUT2D eigenvalue weighted by atomic mass is 19.1. The molecule has 5 heteroatoms. The summed E-state index contributed by atoms with van der Waals surface area (Å²) in [6.07, 6.45) is 1.72. The monoisotopic (exact) mass is 263 g/mol. The molecule has 19 heavy (non-hydrogen) atoms. The van der Waals surface area contributed by atoms with Crippen LogP contribution < -0.4 is 5.32 Å². The maximum atomic E-state index is 12.9. The van der Waals surface area contributed by atoms with Crippen molar-refractivity contribution in [3.8, 4) is 0 Å². The van der Waals surface area contributed by atoms with Gasteiger partial charge in [-0.15, -0.1) is 0 Å². The SMILES string of the molecule is COC(=O)C(=C1CCCC(=O)N1)c1ccc(F)cc1. The predicted octanol–water partition coefficient (Wildman–Crippen LogP) is 2.01. The van der Waals surface area contributed by atoms with E-state index in [0.29, 0.717) is 30.5 Å². The number of benzene rings is 1. The van der Waals surface area contributed by atoms with Crippen molar-refractivity contribution in [1.29, 1.82) is 0 Å². The Balaban J connectivity index is 2.46. The van der Waals surface area contributed by atoms with Crippen LogP contribution in [-0.4, -0.2) is 19.0 Å². The van der Waals surface area contributed by atoms with Gasteiger partial charge in [0.05, 0.1) is 12.7 Å². The maximum Gasteiger partial charge on any atom is 0.340 e. The van der Waals surface area contributed by atoms with E-state index in [0.717, 1.165) is 0 Å². The Morgan fingerprint density at radius 1 is 1.26 bits per heavy atom. The molecule has 1 fully saturated rings. The van der Waals surface area contributed by atoms with E-state index in [4.69, 9.17) is 4.74 Å². The van der Waals surface area contributed by atoms with Gasteiger partial charge in [0.25, 0.3) is 0 Å². The number of amides is 1. The number of piperidine rings is 1. The molecule has 4 nitrogen and oxygen atoms in total. The van der Waals surface area contributed by atoms with Crippen molar-refractivity contribution in [2.24, 2.45) is 0 Å². The van der Waals surface area contributed by atoms with Crippen molar-refractivity contribution >= 4 is 17.4 Å². The summed E-state index contributed by atoms with van der Waals surface area (Å²) in [6, 6.07) is 5.53. The first-order chi connectivity index (χ1) is 9.11. The van der Waals surface area contributed by atoms with Gasteiger partial charge >= 0.3 is 5.97 Å². The molecule has 0 unspecified atom stereocenters. The Hall–Kier alpha value is -2.17. The smallest absolute Gasteiger partial charge is 0.340 e. The highest BCUT2D eigenvalue weighted by Crippen LogP contribution is 2.25. The molecule has 0 saturated carbocycles. The number of allylic oxidation sites excluding steroid dienone is 1. The summed E-state index contributed by atoms with van der Waals surface area (Å²) in [6.45, 7) is 0. The molecule has 0 bridgehead atoms. The fraction of sp³-hybridized carbons (Fsp3) is 0.286. The topological polar surface area (TPSA) is 55.4 Å². The lowest BCUT2D eigenvalue weighted by atomic mass is 9.98. The van der Waals surface area contributed by atoms with Crippen molar-refractivity contribution in [3.63, 3.8) is 0 Å². The second-order valence-corrected chi connectivity index (χ2v) is 4.25. The molecular weight excluding hydrogens is 249 g/mol. The Morgan fingerprint density at radius 3 is 2.53 bits per heavy atom. The molecule has 1 N–H and O–H groups in total. The summed E-state index contributed by atoms with van der Waals surface area (Å²) in [7, 11) is 1.27. The van der Waals surface area contributed by atoms with Gasteiger partial charge in [-0.25, -0.2) is 9.18 Å². The summed E-state index contributed by atoms with van der Waals surface area (Å²) in [5.74, 6) is -1.04. The Bertz CT molecular complexity index is 534. The summed E-state index contributed by atoms with van der Waals surface area (Å²) >= 11 is 0. The van der Waals surface area contributed by atoms with E-state index in [1.165, 1.54) is 31.4 Å². The van der Waals surface area contributed by atoms with Crippen LogP contribution in [0.2, 0.25) is 0 Å². The quantitative estimate of drug-likeness (QED) is 0.656. The molecule has 1 saturated heterocycles. The van der Waals surface area contributed by atoms with E-state index in [-0.39, 0.29) is 17.3 Å². The van der Waals surface area contributed by atoms with Gasteiger partial charge < -0.3 is 10.1 Å². The second-order valence-electron chi connectivity index (χ2n) is 4.25. The molecule has 100 valence electrons. The Morgan fingerprint density at radius 2 is 1.95 bits per heavy atom. The second kappa shape index (κ2) is 5.65. The summed E-state index contributed by atoms with van der Waals surface area (Å²) in [4.78, 5) is 23.3. The van der Waals surface area contributed by atoms with Gasteiger partial charge in [-0.2, -0.15) is 0 Å². The third-order valence-corrected chi connectivity index (χ3v) is 2.95. The first kappa shape index (κ1) is 13.3. The number of hydrogen-bond donors (Lipinski definition) is 1. The van der Waals surface area contributed by atoms with E-state index in [1.54, 1.807) is 0 Å². The number of ether oxygens (including phenoxy) is 1. The van der Waals surface area contributed by atoms with Gasteiger partial charge in [-0.05, 0) is 30.5 Å². The van der Waals surface area contributed by atoms with Crippen molar-refractivity contribution in [2.75, 3.05) is 7.11 Å². The molecule has 2 rings (SSSR count). The Labute approximate surface area is 110 Å². The van der Waals surface area contributed by atoms with Gasteiger partial charge in [0.15, 0.2) is 0 Å². The van der Waals surface area contributed by atoms with E-state index in [1.807, 2.05) is 0 Å². The predicted molar refractivity (Wildman–Crippen MR) is 67.3 cm³/mol. The van der Waals surface area contributed by atoms with Crippen molar-refractivity contribution in [3.05, 3.63) is 41.3 Å². The van der Waals surface area contributed by atoms with Crippen LogP contribution in [0.5, 0.6) is 0 Å². The van der Waals surface area contributed by atoms with Crippen LogP contribution in [0.25, 0.3) is 5.57 Å². The van der Waals surface area contributed by atoms with Gasteiger partial charge in [0.2, 0.25) is 5.91 Å². The number of carbonyl (C=O) groups excluding carboxylic acids is 2. The fourth-order valence-corrected chi connectivity index (χ4v) is 2.04. The van der Waals surface area contributed by atoms with Gasteiger partial charge in [0.1, 0.15) is 5.82 Å². The van der Waals surface area contributed by atoms with Crippen molar-refractivity contribution in [2.45, 2.75) is 19.3 Å². The molecule has 0 radical (unpaired) electrons. The molecule has 1 aliphatic rings. The lowest BCUT2D eigenvalue weighted by Crippen LogP contribution is -2.29. The molecule has 0 aromatic heterocycles. The van der Waals surface area contributed by atoms with E-state index in [2.05, 4.69) is 5.32 Å². The molecule has 1 aliphatic heterocycles. The minimum absolute atomic E-state index is 0.121. The molecule has 1 aromatic rings. The van der Waals surface area contributed by atoms with E-state index in [9.17, 15) is 14.0 Å². The van der Waals surface area contributed by atoms with Crippen LogP contribution in [-0.2, 0) is 14.3 Å². The van der Waals surface area contributed by atoms with Crippen LogP contribution >= 0.6 is 0 Å². The first-order valence-electron chi connectivity index (χ1n) is 5.99. The normalized spacial score (nSPS) is 17.7. The number of methoxy groups -OCH3 is 1. The van der Waals surface area contributed by atoms with Crippen LogP contribution in [0, 0.1) is 5.82 Å². The van der Waals surface area contributed by atoms with Gasteiger partial charge in [-0.3, -0.25) is 4.79 Å². The molecule has 0 aliphatic carbocycles. The molecule has 1 heterocycles. The van der Waals surface area contributed by atoms with E-state index >= 15 is 0 Å². The Kier molecular flexibility index (Phi) is 3.94.